The quantitative estimate of drug-likeness (QED) is 0.769. The highest BCUT2D eigenvalue weighted by Gasteiger charge is 2.23. The fourth-order valence-electron chi connectivity index (χ4n) is 2.99. The molecule has 0 radical (unpaired) electrons. The Bertz CT molecular complexity index is 937. The molecule has 1 atom stereocenters. The predicted octanol–water partition coefficient (Wildman–Crippen LogP) is 2.57. The normalized spacial score (nSPS) is 17.5. The Morgan fingerprint density at radius 1 is 1.38 bits per heavy atom. The van der Waals surface area contributed by atoms with Crippen LogP contribution in [0.1, 0.15) is 17.4 Å². The number of hydrogen-bond donors (Lipinski definition) is 1. The maximum atomic E-state index is 13.9. The summed E-state index contributed by atoms with van der Waals surface area (Å²) in [7, 11) is 0. The van der Waals surface area contributed by atoms with Crippen LogP contribution in [0.3, 0.4) is 0 Å². The van der Waals surface area contributed by atoms with Crippen LogP contribution in [-0.2, 0) is 0 Å². The van der Waals surface area contributed by atoms with Crippen LogP contribution in [0, 0.1) is 5.82 Å². The smallest absolute Gasteiger partial charge is 0.273 e. The van der Waals surface area contributed by atoms with Gasteiger partial charge in [-0.1, -0.05) is 12.1 Å². The van der Waals surface area contributed by atoms with E-state index in [4.69, 9.17) is 0 Å². The molecule has 134 valence electrons. The zero-order valence-electron chi connectivity index (χ0n) is 14.2. The molecule has 2 aromatic heterocycles. The molecule has 1 fully saturated rings. The first-order valence-corrected chi connectivity index (χ1v) is 9.28. The van der Waals surface area contributed by atoms with E-state index >= 15 is 0 Å². The third-order valence-electron chi connectivity index (χ3n) is 4.31. The number of nitrogens with one attached hydrogen (secondary N) is 1. The van der Waals surface area contributed by atoms with E-state index in [0.717, 1.165) is 12.1 Å². The number of carbonyl (C=O) groups excluding carboxylic acids is 1. The summed E-state index contributed by atoms with van der Waals surface area (Å²) < 4.78 is 15.4. The van der Waals surface area contributed by atoms with E-state index in [2.05, 4.69) is 22.3 Å². The number of amides is 1. The van der Waals surface area contributed by atoms with Crippen molar-refractivity contribution >= 4 is 17.2 Å². The number of rotatable bonds is 3. The van der Waals surface area contributed by atoms with Crippen molar-refractivity contribution in [3.05, 3.63) is 53.6 Å². The third-order valence-corrected chi connectivity index (χ3v) is 5.20. The topological polar surface area (TPSA) is 63.1 Å². The van der Waals surface area contributed by atoms with Crippen LogP contribution in [0.25, 0.3) is 16.3 Å². The highest BCUT2D eigenvalue weighted by Crippen LogP contribution is 2.25. The minimum atomic E-state index is -0.343. The summed E-state index contributed by atoms with van der Waals surface area (Å²) >= 11 is 1.39. The first kappa shape index (κ1) is 16.9. The molecule has 1 amide bonds. The van der Waals surface area contributed by atoms with Crippen molar-refractivity contribution in [3.8, 4) is 16.3 Å². The van der Waals surface area contributed by atoms with Crippen molar-refractivity contribution in [1.29, 1.82) is 0 Å². The third kappa shape index (κ3) is 3.25. The average Bonchev–Trinajstić information content (AvgIpc) is 3.31. The lowest BCUT2D eigenvalue weighted by molar-refractivity contribution is 0.0704. The van der Waals surface area contributed by atoms with Crippen molar-refractivity contribution < 1.29 is 9.18 Å². The molecule has 8 heteroatoms. The molecule has 1 saturated heterocycles. The predicted molar refractivity (Wildman–Crippen MR) is 98.0 cm³/mol. The van der Waals surface area contributed by atoms with E-state index < -0.39 is 0 Å². The number of piperazine rings is 1. The van der Waals surface area contributed by atoms with Crippen LogP contribution in [0.5, 0.6) is 0 Å². The number of para-hydroxylation sites is 1. The number of thiazole rings is 1. The fraction of sp³-hybridized carbons (Fsp3) is 0.278. The van der Waals surface area contributed by atoms with E-state index in [1.54, 1.807) is 36.0 Å². The molecule has 4 rings (SSSR count). The van der Waals surface area contributed by atoms with E-state index in [0.29, 0.717) is 29.5 Å². The average molecular weight is 371 g/mol. The summed E-state index contributed by atoms with van der Waals surface area (Å²) in [5.41, 5.74) is 1.57. The van der Waals surface area contributed by atoms with Gasteiger partial charge in [-0.2, -0.15) is 5.10 Å². The number of benzene rings is 1. The molecule has 6 nitrogen and oxygen atoms in total. The van der Waals surface area contributed by atoms with Gasteiger partial charge in [-0.3, -0.25) is 4.79 Å². The second-order valence-corrected chi connectivity index (χ2v) is 7.13. The molecule has 0 unspecified atom stereocenters. The van der Waals surface area contributed by atoms with Gasteiger partial charge in [0.1, 0.15) is 22.2 Å². The Kier molecular flexibility index (Phi) is 4.52. The summed E-state index contributed by atoms with van der Waals surface area (Å²) in [6.07, 6.45) is 3.35. The van der Waals surface area contributed by atoms with Gasteiger partial charge in [0.25, 0.3) is 5.91 Å². The second kappa shape index (κ2) is 6.97. The van der Waals surface area contributed by atoms with Crippen LogP contribution in [0.4, 0.5) is 4.39 Å². The maximum absolute atomic E-state index is 13.9. The molecule has 1 aromatic carbocycles. The molecule has 3 heterocycles. The zero-order chi connectivity index (χ0) is 18.1. The van der Waals surface area contributed by atoms with Crippen molar-refractivity contribution in [2.45, 2.75) is 13.0 Å². The molecule has 1 aliphatic heterocycles. The van der Waals surface area contributed by atoms with Gasteiger partial charge in [-0.15, -0.1) is 11.3 Å². The number of hydrogen-bond acceptors (Lipinski definition) is 5. The monoisotopic (exact) mass is 371 g/mol. The van der Waals surface area contributed by atoms with E-state index in [-0.39, 0.29) is 17.8 Å². The number of nitrogens with zero attached hydrogens (tertiary/aromatic N) is 4. The molecule has 26 heavy (non-hydrogen) atoms. The summed E-state index contributed by atoms with van der Waals surface area (Å²) in [5, 5.41) is 10.00. The highest BCUT2D eigenvalue weighted by atomic mass is 32.1. The molecule has 0 spiro atoms. The SMILES string of the molecule is C[C@H]1CN(C(=O)c2csc(-c3cnn(-c4ccccc4F)c3)n2)CCN1. The van der Waals surface area contributed by atoms with Gasteiger partial charge >= 0.3 is 0 Å². The minimum absolute atomic E-state index is 0.0534. The number of aromatic nitrogens is 3. The molecule has 0 saturated carbocycles. The van der Waals surface area contributed by atoms with Gasteiger partial charge in [-0.05, 0) is 19.1 Å². The van der Waals surface area contributed by atoms with Gasteiger partial charge < -0.3 is 10.2 Å². The first-order chi connectivity index (χ1) is 12.6. The zero-order valence-corrected chi connectivity index (χ0v) is 15.0. The Hall–Kier alpha value is -2.58. The summed E-state index contributed by atoms with van der Waals surface area (Å²) in [5.74, 6) is -0.396. The molecular formula is C18H18FN5OS. The van der Waals surface area contributed by atoms with Gasteiger partial charge in [0, 0.05) is 42.8 Å². The van der Waals surface area contributed by atoms with Crippen LogP contribution in [0.15, 0.2) is 42.0 Å². The lowest BCUT2D eigenvalue weighted by atomic mass is 10.2. The highest BCUT2D eigenvalue weighted by molar-refractivity contribution is 7.13. The number of halogens is 1. The molecule has 0 aliphatic carbocycles. The van der Waals surface area contributed by atoms with Gasteiger partial charge in [0.2, 0.25) is 0 Å². The van der Waals surface area contributed by atoms with E-state index in [1.807, 2.05) is 4.90 Å². The largest absolute Gasteiger partial charge is 0.334 e. The Labute approximate surface area is 154 Å². The lowest BCUT2D eigenvalue weighted by Gasteiger charge is -2.31. The maximum Gasteiger partial charge on any atom is 0.273 e. The van der Waals surface area contributed by atoms with E-state index in [9.17, 15) is 9.18 Å². The Morgan fingerprint density at radius 3 is 3.04 bits per heavy atom. The van der Waals surface area contributed by atoms with Crippen LogP contribution in [-0.4, -0.2) is 51.2 Å². The van der Waals surface area contributed by atoms with E-state index in [1.165, 1.54) is 22.1 Å². The Balaban J connectivity index is 1.55. The van der Waals surface area contributed by atoms with Crippen LogP contribution in [0.2, 0.25) is 0 Å². The second-order valence-electron chi connectivity index (χ2n) is 6.27. The fourth-order valence-corrected chi connectivity index (χ4v) is 3.76. The van der Waals surface area contributed by atoms with Gasteiger partial charge in [-0.25, -0.2) is 14.1 Å². The van der Waals surface area contributed by atoms with Crippen molar-refractivity contribution in [1.82, 2.24) is 25.0 Å². The summed E-state index contributed by atoms with van der Waals surface area (Å²) in [6, 6.07) is 6.73. The lowest BCUT2D eigenvalue weighted by Crippen LogP contribution is -2.51. The Morgan fingerprint density at radius 2 is 2.23 bits per heavy atom. The van der Waals surface area contributed by atoms with Crippen LogP contribution < -0.4 is 5.32 Å². The van der Waals surface area contributed by atoms with Crippen LogP contribution >= 0.6 is 11.3 Å². The molecule has 0 bridgehead atoms. The summed E-state index contributed by atoms with van der Waals surface area (Å²) in [4.78, 5) is 18.9. The van der Waals surface area contributed by atoms with Crippen molar-refractivity contribution in [3.63, 3.8) is 0 Å². The first-order valence-electron chi connectivity index (χ1n) is 8.40. The molecule has 3 aromatic rings. The van der Waals surface area contributed by atoms with Gasteiger partial charge in [0.05, 0.1) is 6.20 Å². The van der Waals surface area contributed by atoms with Crippen molar-refractivity contribution in [2.24, 2.45) is 0 Å². The number of carbonyl (C=O) groups is 1. The standard InChI is InChI=1S/C18H18FN5OS/c1-12-9-23(7-6-20-12)18(25)15-11-26-17(22-15)13-8-21-24(10-13)16-5-3-2-4-14(16)19/h2-5,8,10-12,20H,6-7,9H2,1H3/t12-/m0/s1. The molecule has 1 N–H and O–H groups in total. The van der Waals surface area contributed by atoms with Crippen molar-refractivity contribution in [2.75, 3.05) is 19.6 Å². The van der Waals surface area contributed by atoms with Gasteiger partial charge in [0.15, 0.2) is 0 Å². The summed E-state index contributed by atoms with van der Waals surface area (Å²) in [6.45, 7) is 4.21. The minimum Gasteiger partial charge on any atom is -0.334 e. The molecular weight excluding hydrogens is 353 g/mol. The molecule has 1 aliphatic rings.